The molecule has 1 aromatic carbocycles. The summed E-state index contributed by atoms with van der Waals surface area (Å²) in [5.41, 5.74) is 6.65. The van der Waals surface area contributed by atoms with E-state index in [-0.39, 0.29) is 6.61 Å². The number of unbranched alkanes of at least 4 members (excludes halogenated alkanes) is 2. The Bertz CT molecular complexity index is 346. The van der Waals surface area contributed by atoms with Crippen molar-refractivity contribution in [2.75, 3.05) is 13.2 Å². The molecule has 1 unspecified atom stereocenters. The second kappa shape index (κ2) is 8.18. The Morgan fingerprint density at radius 3 is 2.47 bits per heavy atom. The number of aliphatic hydroxyl groups excluding tert-OH is 1. The highest BCUT2D eigenvalue weighted by molar-refractivity contribution is 5.27. The SMILES string of the molecule is CCCCCOc1ccc(CCC(C)(N)CO)cc1. The Kier molecular flexibility index (Phi) is 6.89. The van der Waals surface area contributed by atoms with Crippen LogP contribution in [0, 0.1) is 0 Å². The molecule has 0 aliphatic heterocycles. The number of ether oxygens (including phenoxy) is 1. The maximum atomic E-state index is 9.11. The van der Waals surface area contributed by atoms with E-state index in [2.05, 4.69) is 19.1 Å². The van der Waals surface area contributed by atoms with Gasteiger partial charge in [-0.2, -0.15) is 0 Å². The van der Waals surface area contributed by atoms with Crippen LogP contribution < -0.4 is 10.5 Å². The lowest BCUT2D eigenvalue weighted by atomic mass is 9.95. The third-order valence-electron chi connectivity index (χ3n) is 3.29. The van der Waals surface area contributed by atoms with Gasteiger partial charge in [0.15, 0.2) is 0 Å². The Morgan fingerprint density at radius 2 is 1.89 bits per heavy atom. The van der Waals surface area contributed by atoms with Crippen molar-refractivity contribution in [1.82, 2.24) is 0 Å². The molecule has 0 aromatic heterocycles. The molecule has 0 saturated carbocycles. The minimum absolute atomic E-state index is 0.0195. The van der Waals surface area contributed by atoms with E-state index in [9.17, 15) is 0 Å². The standard InChI is InChI=1S/C16H27NO2/c1-3-4-5-12-19-15-8-6-14(7-9-15)10-11-16(2,17)13-18/h6-9,18H,3-5,10-13,17H2,1-2H3. The van der Waals surface area contributed by atoms with Gasteiger partial charge in [-0.3, -0.25) is 0 Å². The Balaban J connectivity index is 2.35. The highest BCUT2D eigenvalue weighted by Gasteiger charge is 2.16. The number of hydrogen-bond donors (Lipinski definition) is 2. The summed E-state index contributed by atoms with van der Waals surface area (Å²) in [6, 6.07) is 8.16. The Labute approximate surface area is 116 Å². The predicted octanol–water partition coefficient (Wildman–Crippen LogP) is 2.90. The van der Waals surface area contributed by atoms with E-state index in [0.717, 1.165) is 31.6 Å². The van der Waals surface area contributed by atoms with Crippen LogP contribution >= 0.6 is 0 Å². The zero-order valence-corrected chi connectivity index (χ0v) is 12.2. The van der Waals surface area contributed by atoms with E-state index < -0.39 is 5.54 Å². The first-order valence-electron chi connectivity index (χ1n) is 7.19. The monoisotopic (exact) mass is 265 g/mol. The molecular weight excluding hydrogens is 238 g/mol. The van der Waals surface area contributed by atoms with Crippen LogP contribution in [0.15, 0.2) is 24.3 Å². The molecule has 0 aliphatic rings. The molecule has 3 nitrogen and oxygen atoms in total. The molecule has 108 valence electrons. The first-order chi connectivity index (χ1) is 9.07. The number of nitrogens with two attached hydrogens (primary N) is 1. The van der Waals surface area contributed by atoms with Crippen LogP contribution in [-0.4, -0.2) is 23.9 Å². The van der Waals surface area contributed by atoms with Crippen LogP contribution in [0.2, 0.25) is 0 Å². The maximum absolute atomic E-state index is 9.11. The molecule has 0 saturated heterocycles. The summed E-state index contributed by atoms with van der Waals surface area (Å²) in [6.45, 7) is 4.87. The topological polar surface area (TPSA) is 55.5 Å². The fraction of sp³-hybridized carbons (Fsp3) is 0.625. The lowest BCUT2D eigenvalue weighted by Gasteiger charge is -2.21. The van der Waals surface area contributed by atoms with Crippen molar-refractivity contribution in [3.63, 3.8) is 0 Å². The van der Waals surface area contributed by atoms with Gasteiger partial charge in [-0.25, -0.2) is 0 Å². The fourth-order valence-corrected chi connectivity index (χ4v) is 1.80. The molecule has 0 amide bonds. The van der Waals surface area contributed by atoms with Gasteiger partial charge >= 0.3 is 0 Å². The van der Waals surface area contributed by atoms with Gasteiger partial charge in [0, 0.05) is 5.54 Å². The number of aryl methyl sites for hydroxylation is 1. The van der Waals surface area contributed by atoms with E-state index in [1.807, 2.05) is 19.1 Å². The summed E-state index contributed by atoms with van der Waals surface area (Å²) in [4.78, 5) is 0. The molecule has 0 aliphatic carbocycles. The van der Waals surface area contributed by atoms with Gasteiger partial charge in [0.25, 0.3) is 0 Å². The normalized spacial score (nSPS) is 14.1. The summed E-state index contributed by atoms with van der Waals surface area (Å²) in [6.07, 6.45) is 5.20. The molecule has 19 heavy (non-hydrogen) atoms. The third-order valence-corrected chi connectivity index (χ3v) is 3.29. The predicted molar refractivity (Wildman–Crippen MR) is 79.5 cm³/mol. The van der Waals surface area contributed by atoms with Crippen molar-refractivity contribution in [1.29, 1.82) is 0 Å². The average Bonchev–Trinajstić information content (AvgIpc) is 2.43. The largest absolute Gasteiger partial charge is 0.494 e. The van der Waals surface area contributed by atoms with Gasteiger partial charge in [0.2, 0.25) is 0 Å². The molecule has 3 heteroatoms. The van der Waals surface area contributed by atoms with E-state index in [1.165, 1.54) is 18.4 Å². The van der Waals surface area contributed by atoms with E-state index >= 15 is 0 Å². The Hall–Kier alpha value is -1.06. The van der Waals surface area contributed by atoms with Gasteiger partial charge in [-0.05, 0) is 43.9 Å². The van der Waals surface area contributed by atoms with E-state index in [4.69, 9.17) is 15.6 Å². The summed E-state index contributed by atoms with van der Waals surface area (Å²) >= 11 is 0. The summed E-state index contributed by atoms with van der Waals surface area (Å²) in [5, 5.41) is 9.11. The summed E-state index contributed by atoms with van der Waals surface area (Å²) < 4.78 is 5.66. The van der Waals surface area contributed by atoms with Crippen molar-refractivity contribution < 1.29 is 9.84 Å². The molecule has 0 bridgehead atoms. The molecule has 0 heterocycles. The van der Waals surface area contributed by atoms with Crippen LogP contribution in [0.4, 0.5) is 0 Å². The van der Waals surface area contributed by atoms with Crippen molar-refractivity contribution >= 4 is 0 Å². The molecule has 1 aromatic rings. The van der Waals surface area contributed by atoms with Crippen molar-refractivity contribution in [3.05, 3.63) is 29.8 Å². The zero-order valence-electron chi connectivity index (χ0n) is 12.2. The minimum Gasteiger partial charge on any atom is -0.494 e. The number of hydrogen-bond acceptors (Lipinski definition) is 3. The number of rotatable bonds is 9. The van der Waals surface area contributed by atoms with Gasteiger partial charge in [-0.1, -0.05) is 31.9 Å². The van der Waals surface area contributed by atoms with E-state index in [0.29, 0.717) is 0 Å². The summed E-state index contributed by atoms with van der Waals surface area (Å²) in [5.74, 6) is 0.928. The van der Waals surface area contributed by atoms with Crippen LogP contribution in [0.25, 0.3) is 0 Å². The molecule has 1 atom stereocenters. The van der Waals surface area contributed by atoms with Crippen molar-refractivity contribution in [2.45, 2.75) is 51.5 Å². The average molecular weight is 265 g/mol. The molecule has 1 rings (SSSR count). The number of benzene rings is 1. The van der Waals surface area contributed by atoms with Gasteiger partial charge in [0.05, 0.1) is 13.2 Å². The van der Waals surface area contributed by atoms with Crippen LogP contribution in [0.1, 0.15) is 45.1 Å². The quantitative estimate of drug-likeness (QED) is 0.675. The van der Waals surface area contributed by atoms with E-state index in [1.54, 1.807) is 0 Å². The zero-order chi connectivity index (χ0) is 14.1. The van der Waals surface area contributed by atoms with Gasteiger partial charge < -0.3 is 15.6 Å². The lowest BCUT2D eigenvalue weighted by molar-refractivity contribution is 0.200. The van der Waals surface area contributed by atoms with Crippen LogP contribution in [-0.2, 0) is 6.42 Å². The lowest BCUT2D eigenvalue weighted by Crippen LogP contribution is -2.40. The first kappa shape index (κ1) is 16.0. The third kappa shape index (κ3) is 6.60. The van der Waals surface area contributed by atoms with Crippen LogP contribution in [0.3, 0.4) is 0 Å². The highest BCUT2D eigenvalue weighted by atomic mass is 16.5. The molecule has 0 spiro atoms. The molecular formula is C16H27NO2. The Morgan fingerprint density at radius 1 is 1.21 bits per heavy atom. The second-order valence-corrected chi connectivity index (χ2v) is 5.51. The minimum atomic E-state index is -0.491. The summed E-state index contributed by atoms with van der Waals surface area (Å²) in [7, 11) is 0. The highest BCUT2D eigenvalue weighted by Crippen LogP contribution is 2.16. The maximum Gasteiger partial charge on any atom is 0.119 e. The molecule has 3 N–H and O–H groups in total. The van der Waals surface area contributed by atoms with Crippen molar-refractivity contribution in [2.24, 2.45) is 5.73 Å². The molecule has 0 radical (unpaired) electrons. The first-order valence-corrected chi connectivity index (χ1v) is 7.19. The van der Waals surface area contributed by atoms with Gasteiger partial charge in [0.1, 0.15) is 5.75 Å². The fourth-order valence-electron chi connectivity index (χ4n) is 1.80. The number of aliphatic hydroxyl groups is 1. The molecule has 0 fully saturated rings. The van der Waals surface area contributed by atoms with Gasteiger partial charge in [-0.15, -0.1) is 0 Å². The van der Waals surface area contributed by atoms with Crippen molar-refractivity contribution in [3.8, 4) is 5.75 Å². The smallest absolute Gasteiger partial charge is 0.119 e. The second-order valence-electron chi connectivity index (χ2n) is 5.51. The van der Waals surface area contributed by atoms with Crippen LogP contribution in [0.5, 0.6) is 5.75 Å².